The minimum Gasteiger partial charge on any atom is -0.493 e. The maximum absolute atomic E-state index is 12.8. The van der Waals surface area contributed by atoms with Gasteiger partial charge in [0.1, 0.15) is 0 Å². The number of imide groups is 1. The van der Waals surface area contributed by atoms with Gasteiger partial charge in [-0.2, -0.15) is 0 Å². The van der Waals surface area contributed by atoms with Crippen LogP contribution in [0.2, 0.25) is 0 Å². The molecule has 2 aromatic carbocycles. The van der Waals surface area contributed by atoms with Crippen LogP contribution in [0.1, 0.15) is 42.1 Å². The number of hydrogen-bond donors (Lipinski definition) is 2. The van der Waals surface area contributed by atoms with Crippen LogP contribution in [-0.2, 0) is 15.0 Å². The van der Waals surface area contributed by atoms with E-state index in [4.69, 9.17) is 14.2 Å². The highest BCUT2D eigenvalue weighted by atomic mass is 16.5. The van der Waals surface area contributed by atoms with Crippen molar-refractivity contribution >= 4 is 23.4 Å². The smallest absolute Gasteiger partial charge is 0.255 e. The molecule has 1 unspecified atom stereocenters. The van der Waals surface area contributed by atoms with E-state index in [2.05, 4.69) is 10.6 Å². The van der Waals surface area contributed by atoms with Crippen LogP contribution in [0.15, 0.2) is 36.4 Å². The van der Waals surface area contributed by atoms with E-state index in [0.29, 0.717) is 47.8 Å². The monoisotopic (exact) mass is 426 g/mol. The van der Waals surface area contributed by atoms with Crippen molar-refractivity contribution in [2.75, 3.05) is 26.6 Å². The summed E-state index contributed by atoms with van der Waals surface area (Å²) in [5, 5.41) is 5.27. The molecule has 1 fully saturated rings. The van der Waals surface area contributed by atoms with Gasteiger partial charge in [-0.25, -0.2) is 0 Å². The number of anilines is 1. The Morgan fingerprint density at radius 1 is 1.03 bits per heavy atom. The number of piperidine rings is 1. The van der Waals surface area contributed by atoms with E-state index in [0.717, 1.165) is 5.56 Å². The first kappa shape index (κ1) is 22.1. The summed E-state index contributed by atoms with van der Waals surface area (Å²) in [6.45, 7) is 1.93. The van der Waals surface area contributed by atoms with Crippen LogP contribution in [-0.4, -0.2) is 39.1 Å². The van der Waals surface area contributed by atoms with Gasteiger partial charge >= 0.3 is 0 Å². The third kappa shape index (κ3) is 4.19. The Kier molecular flexibility index (Phi) is 6.48. The molecule has 1 heterocycles. The highest BCUT2D eigenvalue weighted by Gasteiger charge is 2.42. The van der Waals surface area contributed by atoms with E-state index < -0.39 is 5.41 Å². The fourth-order valence-corrected chi connectivity index (χ4v) is 3.85. The molecule has 0 bridgehead atoms. The van der Waals surface area contributed by atoms with E-state index >= 15 is 0 Å². The van der Waals surface area contributed by atoms with E-state index in [1.807, 2.05) is 19.1 Å². The third-order valence-corrected chi connectivity index (χ3v) is 5.69. The Bertz CT molecular complexity index is 977. The van der Waals surface area contributed by atoms with Crippen molar-refractivity contribution in [3.05, 3.63) is 47.5 Å². The van der Waals surface area contributed by atoms with Crippen LogP contribution < -0.4 is 24.8 Å². The lowest BCUT2D eigenvalue weighted by molar-refractivity contribution is -0.138. The Morgan fingerprint density at radius 3 is 2.13 bits per heavy atom. The highest BCUT2D eigenvalue weighted by molar-refractivity contribution is 6.05. The van der Waals surface area contributed by atoms with Gasteiger partial charge in [0.2, 0.25) is 17.6 Å². The van der Waals surface area contributed by atoms with Crippen molar-refractivity contribution in [3.63, 3.8) is 0 Å². The number of carbonyl (C=O) groups excluding carboxylic acids is 3. The molecule has 2 aromatic rings. The first-order valence-electron chi connectivity index (χ1n) is 9.94. The Balaban J connectivity index is 1.82. The minimum atomic E-state index is -0.743. The van der Waals surface area contributed by atoms with Crippen molar-refractivity contribution in [2.24, 2.45) is 0 Å². The van der Waals surface area contributed by atoms with Crippen molar-refractivity contribution in [3.8, 4) is 17.2 Å². The zero-order valence-corrected chi connectivity index (χ0v) is 18.0. The van der Waals surface area contributed by atoms with E-state index in [-0.39, 0.29) is 17.7 Å². The number of nitrogens with one attached hydrogen (secondary N) is 2. The fourth-order valence-electron chi connectivity index (χ4n) is 3.85. The number of hydrogen-bond acceptors (Lipinski definition) is 6. The summed E-state index contributed by atoms with van der Waals surface area (Å²) in [6, 6.07) is 10.2. The summed E-state index contributed by atoms with van der Waals surface area (Å²) in [5.41, 5.74) is 0.980. The molecule has 8 heteroatoms. The van der Waals surface area contributed by atoms with Gasteiger partial charge in [0.05, 0.1) is 26.7 Å². The standard InChI is InChI=1S/C23H26N2O6/c1-5-23(11-10-19(26)25-22(23)28)15-6-8-16(9-7-15)24-21(27)14-12-17(29-2)20(31-4)18(13-14)30-3/h6-9,12-13H,5,10-11H2,1-4H3,(H,24,27)(H,25,26,28). The molecule has 164 valence electrons. The molecule has 3 rings (SSSR count). The number of methoxy groups -OCH3 is 3. The first-order valence-corrected chi connectivity index (χ1v) is 9.94. The van der Waals surface area contributed by atoms with E-state index in [1.165, 1.54) is 21.3 Å². The van der Waals surface area contributed by atoms with Gasteiger partial charge < -0.3 is 19.5 Å². The largest absolute Gasteiger partial charge is 0.493 e. The van der Waals surface area contributed by atoms with Crippen molar-refractivity contribution in [2.45, 2.75) is 31.6 Å². The number of rotatable bonds is 7. The van der Waals surface area contributed by atoms with Gasteiger partial charge in [0.15, 0.2) is 11.5 Å². The van der Waals surface area contributed by atoms with Crippen molar-refractivity contribution in [1.29, 1.82) is 0 Å². The van der Waals surface area contributed by atoms with E-state index in [1.54, 1.807) is 24.3 Å². The molecule has 0 aromatic heterocycles. The highest BCUT2D eigenvalue weighted by Crippen LogP contribution is 2.39. The van der Waals surface area contributed by atoms with Crippen LogP contribution in [0.4, 0.5) is 5.69 Å². The van der Waals surface area contributed by atoms with Crippen LogP contribution in [0.25, 0.3) is 0 Å². The average Bonchev–Trinajstić information content (AvgIpc) is 2.79. The molecule has 1 saturated heterocycles. The second kappa shape index (κ2) is 9.07. The molecule has 0 radical (unpaired) electrons. The number of amides is 3. The summed E-state index contributed by atoms with van der Waals surface area (Å²) in [6.07, 6.45) is 1.34. The molecule has 1 aliphatic heterocycles. The second-order valence-corrected chi connectivity index (χ2v) is 7.26. The Morgan fingerprint density at radius 2 is 1.65 bits per heavy atom. The lowest BCUT2D eigenvalue weighted by Crippen LogP contribution is -2.51. The van der Waals surface area contributed by atoms with Gasteiger partial charge in [0, 0.05) is 17.7 Å². The number of benzene rings is 2. The van der Waals surface area contributed by atoms with Gasteiger partial charge in [0.25, 0.3) is 5.91 Å². The molecule has 1 atom stereocenters. The Labute approximate surface area is 180 Å². The SMILES string of the molecule is CCC1(c2ccc(NC(=O)c3cc(OC)c(OC)c(OC)c3)cc2)CCC(=O)NC1=O. The van der Waals surface area contributed by atoms with Gasteiger partial charge in [-0.15, -0.1) is 0 Å². The predicted octanol–water partition coefficient (Wildman–Crippen LogP) is 3.05. The quantitative estimate of drug-likeness (QED) is 0.660. The van der Waals surface area contributed by atoms with Crippen LogP contribution in [0, 0.1) is 0 Å². The number of carbonyl (C=O) groups is 3. The van der Waals surface area contributed by atoms with Gasteiger partial charge in [-0.3, -0.25) is 19.7 Å². The van der Waals surface area contributed by atoms with Crippen LogP contribution in [0.3, 0.4) is 0 Å². The van der Waals surface area contributed by atoms with Gasteiger partial charge in [-0.05, 0) is 42.7 Å². The second-order valence-electron chi connectivity index (χ2n) is 7.26. The molecule has 31 heavy (non-hydrogen) atoms. The van der Waals surface area contributed by atoms with Crippen LogP contribution in [0.5, 0.6) is 17.2 Å². The van der Waals surface area contributed by atoms with Crippen molar-refractivity contribution in [1.82, 2.24) is 5.32 Å². The zero-order chi connectivity index (χ0) is 22.6. The number of ether oxygens (including phenoxy) is 3. The summed E-state index contributed by atoms with van der Waals surface area (Å²) >= 11 is 0. The molecule has 1 aliphatic rings. The molecule has 3 amide bonds. The lowest BCUT2D eigenvalue weighted by atomic mass is 9.72. The normalized spacial score (nSPS) is 18.2. The van der Waals surface area contributed by atoms with Gasteiger partial charge in [-0.1, -0.05) is 19.1 Å². The molecular weight excluding hydrogens is 400 g/mol. The lowest BCUT2D eigenvalue weighted by Gasteiger charge is -2.35. The summed E-state index contributed by atoms with van der Waals surface area (Å²) in [4.78, 5) is 36.9. The summed E-state index contributed by atoms with van der Waals surface area (Å²) in [7, 11) is 4.46. The molecule has 0 spiro atoms. The van der Waals surface area contributed by atoms with E-state index in [9.17, 15) is 14.4 Å². The average molecular weight is 426 g/mol. The minimum absolute atomic E-state index is 0.247. The maximum atomic E-state index is 12.8. The predicted molar refractivity (Wildman–Crippen MR) is 115 cm³/mol. The molecular formula is C23H26N2O6. The Hall–Kier alpha value is -3.55. The first-order chi connectivity index (χ1) is 14.9. The summed E-state index contributed by atoms with van der Waals surface area (Å²) in [5.74, 6) is 0.289. The summed E-state index contributed by atoms with van der Waals surface area (Å²) < 4.78 is 15.9. The molecule has 0 saturated carbocycles. The molecule has 0 aliphatic carbocycles. The topological polar surface area (TPSA) is 103 Å². The third-order valence-electron chi connectivity index (χ3n) is 5.69. The molecule has 8 nitrogen and oxygen atoms in total. The maximum Gasteiger partial charge on any atom is 0.255 e. The zero-order valence-electron chi connectivity index (χ0n) is 18.0. The molecule has 2 N–H and O–H groups in total. The fraction of sp³-hybridized carbons (Fsp3) is 0.348. The van der Waals surface area contributed by atoms with Crippen molar-refractivity contribution < 1.29 is 28.6 Å². The van der Waals surface area contributed by atoms with Crippen LogP contribution >= 0.6 is 0 Å².